The molecule has 0 saturated carbocycles. The summed E-state index contributed by atoms with van der Waals surface area (Å²) in [6.07, 6.45) is 10.8. The van der Waals surface area contributed by atoms with Gasteiger partial charge in [-0.25, -0.2) is 0 Å². The van der Waals surface area contributed by atoms with Crippen LogP contribution in [-0.4, -0.2) is 25.8 Å². The maximum atomic E-state index is 2.81. The second kappa shape index (κ2) is 31.7. The highest BCUT2D eigenvalue weighted by atomic mass is 15.2. The van der Waals surface area contributed by atoms with Crippen molar-refractivity contribution in [3.8, 4) is 77.9 Å². The molecule has 19 aromatic rings. The highest BCUT2D eigenvalue weighted by molar-refractivity contribution is 7.00. The van der Waals surface area contributed by atoms with Crippen LogP contribution in [0.1, 0.15) is 80.8 Å². The minimum atomic E-state index is -0.216. The molecule has 5 heteroatoms. The van der Waals surface area contributed by atoms with Crippen molar-refractivity contribution in [2.24, 2.45) is 0 Å². The molecule has 0 spiro atoms. The predicted molar refractivity (Wildman–Crippen MR) is 547 cm³/mol. The summed E-state index contributed by atoms with van der Waals surface area (Å²) in [5.41, 5.74) is 38.1. The Morgan fingerprint density at radius 1 is 0.305 bits per heavy atom. The maximum Gasteiger partial charge on any atom is 0.252 e. The van der Waals surface area contributed by atoms with Crippen LogP contribution >= 0.6 is 0 Å². The largest absolute Gasteiger partial charge is 0.342 e. The second-order valence-electron chi connectivity index (χ2n) is 37.6. The smallest absolute Gasteiger partial charge is 0.252 e. The van der Waals surface area contributed by atoms with Crippen LogP contribution in [0.5, 0.6) is 0 Å². The Kier molecular flexibility index (Phi) is 19.3. The van der Waals surface area contributed by atoms with Crippen LogP contribution in [0.2, 0.25) is 0 Å². The van der Waals surface area contributed by atoms with Crippen molar-refractivity contribution >= 4 is 112 Å². The molecule has 2 unspecified atom stereocenters. The Morgan fingerprint density at radius 2 is 0.734 bits per heavy atom. The quantitative estimate of drug-likeness (QED) is 0.0482. The van der Waals surface area contributed by atoms with Gasteiger partial charge in [0.25, 0.3) is 6.71 Å². The van der Waals surface area contributed by atoms with Crippen LogP contribution in [0.15, 0.2) is 419 Å². The van der Waals surface area contributed by atoms with E-state index in [1.807, 2.05) is 0 Å². The fourth-order valence-corrected chi connectivity index (χ4v) is 21.7. The molecule has 3 heterocycles. The van der Waals surface area contributed by atoms with Gasteiger partial charge in [0.1, 0.15) is 0 Å². The molecule has 2 atom stereocenters. The Morgan fingerprint density at radius 3 is 1.23 bits per heavy atom. The SMILES string of the molecule is CC(C)(C)c1cc(-c2ccccc2)c(CCN2c3ccc(-c4cc5cccc6c7cccc8cccc(c(c4)c56)c87)cc3B3c4ccc(N5c6ccccc6C6C=CC=CC65)cc4N(CCc4c(-c5ccccc5)cc(C(C)(C)C)cc4-c4ccccc4)c4cc(CN(c5ccc(-c6ccccc6)cc5)c5ccc(-c6ccccc6)cc5)cc2c43)c(-c2ccccc2)c1. The summed E-state index contributed by atoms with van der Waals surface area (Å²) < 4.78 is 0. The summed E-state index contributed by atoms with van der Waals surface area (Å²) in [6.45, 7) is 15.9. The number of anilines is 8. The zero-order chi connectivity index (χ0) is 85.9. The number of nitrogens with zero attached hydrogens (tertiary/aromatic N) is 4. The third kappa shape index (κ3) is 13.8. The van der Waals surface area contributed by atoms with Crippen LogP contribution in [0.3, 0.4) is 0 Å². The molecule has 614 valence electrons. The molecule has 23 rings (SSSR count). The van der Waals surface area contributed by atoms with Crippen LogP contribution in [0.4, 0.5) is 45.5 Å². The molecule has 0 N–H and O–H groups in total. The molecule has 0 amide bonds. The van der Waals surface area contributed by atoms with E-state index in [1.165, 1.54) is 205 Å². The predicted octanol–water partition coefficient (Wildman–Crippen LogP) is 30.0. The average Bonchev–Trinajstić information content (AvgIpc) is 0.736. The van der Waals surface area contributed by atoms with Crippen LogP contribution < -0.4 is 36.0 Å². The molecule has 0 saturated heterocycles. The number of hydrogen-bond donors (Lipinski definition) is 0. The van der Waals surface area contributed by atoms with Crippen molar-refractivity contribution in [1.29, 1.82) is 0 Å². The van der Waals surface area contributed by atoms with Gasteiger partial charge in [0.15, 0.2) is 0 Å². The van der Waals surface area contributed by atoms with Gasteiger partial charge in [0, 0.05) is 71.1 Å². The topological polar surface area (TPSA) is 13.0 Å². The van der Waals surface area contributed by atoms with E-state index in [4.69, 9.17) is 0 Å². The fourth-order valence-electron chi connectivity index (χ4n) is 21.7. The summed E-state index contributed by atoms with van der Waals surface area (Å²) in [7, 11) is 0. The lowest BCUT2D eigenvalue weighted by molar-refractivity contribution is 0.590. The molecule has 0 bridgehead atoms. The first-order chi connectivity index (χ1) is 62.7. The van der Waals surface area contributed by atoms with Gasteiger partial charge in [-0.2, -0.15) is 0 Å². The zero-order valence-corrected chi connectivity index (χ0v) is 73.4. The summed E-state index contributed by atoms with van der Waals surface area (Å²) in [5, 5.41) is 10.3. The molecule has 0 aromatic heterocycles. The third-order valence-electron chi connectivity index (χ3n) is 28.0. The van der Waals surface area contributed by atoms with E-state index in [2.05, 4.69) is 480 Å². The van der Waals surface area contributed by atoms with Gasteiger partial charge in [-0.05, 0) is 267 Å². The second-order valence-corrected chi connectivity index (χ2v) is 37.6. The monoisotopic (exact) mass is 1640 g/mol. The number of benzene rings is 19. The third-order valence-corrected chi connectivity index (χ3v) is 28.0. The highest BCUT2D eigenvalue weighted by Gasteiger charge is 2.45. The fraction of sp³-hybridized carbons (Fsp3) is 0.122. The van der Waals surface area contributed by atoms with E-state index < -0.39 is 0 Å². The Labute approximate surface area is 752 Å². The Balaban J connectivity index is 0.798. The summed E-state index contributed by atoms with van der Waals surface area (Å²) in [5.74, 6) is 0.197. The number of para-hydroxylation sites is 1. The van der Waals surface area contributed by atoms with E-state index >= 15 is 0 Å². The summed E-state index contributed by atoms with van der Waals surface area (Å²) in [4.78, 5) is 10.8. The Hall–Kier alpha value is -14.8. The van der Waals surface area contributed by atoms with Crippen molar-refractivity contribution in [2.75, 3.05) is 32.7 Å². The van der Waals surface area contributed by atoms with Gasteiger partial charge < -0.3 is 19.6 Å². The van der Waals surface area contributed by atoms with Gasteiger partial charge in [-0.3, -0.25) is 0 Å². The van der Waals surface area contributed by atoms with Crippen molar-refractivity contribution < 1.29 is 0 Å². The van der Waals surface area contributed by atoms with E-state index in [9.17, 15) is 0 Å². The van der Waals surface area contributed by atoms with E-state index in [0.29, 0.717) is 19.6 Å². The van der Waals surface area contributed by atoms with Crippen molar-refractivity contribution in [2.45, 2.75) is 83.7 Å². The molecular weight excluding hydrogens is 1540 g/mol. The van der Waals surface area contributed by atoms with Crippen LogP contribution in [0, 0.1) is 0 Å². The Bertz CT molecular complexity index is 7330. The molecule has 19 aromatic carbocycles. The normalized spacial score (nSPS) is 14.4. The van der Waals surface area contributed by atoms with Gasteiger partial charge in [-0.1, -0.05) is 387 Å². The standard InChI is InChI=1S/C123H99BN4/c1-122(2,3)94-75-106(86-36-17-9-18-37-86)99(107(76-94)87-38-19-10-20-39-87)66-68-125-115-65-58-91(93-72-92-46-31-50-104-103-49-29-44-90-45-30-51-105(119(90)103)110(73-93)120(92)104)74-112(115)124-111-64-63-98(128-113-52-27-25-47-101(113)102-48-26-28-53-114(102)128)79-116(111)126(69-67-100-108(88-40-21-11-22-41-88)77-95(123(4,5)6)78-109(100)89-42-23-12-24-43-89)118-71-81(70-117(125)121(118)124)80-127(96-59-54-84(55-60-96)82-32-13-7-14-33-82)97-61-56-85(57-62-97)83-34-15-8-16-35-83/h7-65,70-79,101,113H,66-69,80H2,1-6H3. The highest BCUT2D eigenvalue weighted by Crippen LogP contribution is 2.52. The minimum Gasteiger partial charge on any atom is -0.342 e. The van der Waals surface area contributed by atoms with Gasteiger partial charge >= 0.3 is 0 Å². The first-order valence-electron chi connectivity index (χ1n) is 45.7. The lowest BCUT2D eigenvalue weighted by atomic mass is 9.33. The lowest BCUT2D eigenvalue weighted by Crippen LogP contribution is -2.62. The van der Waals surface area contributed by atoms with Crippen molar-refractivity contribution in [3.05, 3.63) is 452 Å². The first kappa shape index (κ1) is 78.0. The summed E-state index contributed by atoms with van der Waals surface area (Å²) in [6, 6.07) is 151. The first-order valence-corrected chi connectivity index (χ1v) is 45.7. The number of rotatable bonds is 18. The van der Waals surface area contributed by atoms with Gasteiger partial charge in [0.05, 0.1) is 6.04 Å². The van der Waals surface area contributed by atoms with Crippen LogP contribution in [-0.2, 0) is 30.2 Å². The number of fused-ring (bicyclic) bond motifs is 9. The molecular formula is C123H99BN4. The van der Waals surface area contributed by atoms with E-state index in [1.54, 1.807) is 0 Å². The molecule has 0 radical (unpaired) electrons. The lowest BCUT2D eigenvalue weighted by Gasteiger charge is -2.45. The van der Waals surface area contributed by atoms with Gasteiger partial charge in [-0.15, -0.1) is 0 Å². The molecule has 128 heavy (non-hydrogen) atoms. The average molecular weight is 1640 g/mol. The van der Waals surface area contributed by atoms with Crippen molar-refractivity contribution in [3.63, 3.8) is 0 Å². The van der Waals surface area contributed by atoms with Crippen LogP contribution in [0.25, 0.3) is 121 Å². The van der Waals surface area contributed by atoms with Gasteiger partial charge in [0.2, 0.25) is 0 Å². The van der Waals surface area contributed by atoms with Crippen molar-refractivity contribution in [1.82, 2.24) is 0 Å². The molecule has 4 nitrogen and oxygen atoms in total. The molecule has 4 aliphatic rings. The van der Waals surface area contributed by atoms with E-state index in [0.717, 1.165) is 24.2 Å². The maximum absolute atomic E-state index is 2.81. The summed E-state index contributed by atoms with van der Waals surface area (Å²) >= 11 is 0. The van der Waals surface area contributed by atoms with E-state index in [-0.39, 0.29) is 29.5 Å². The molecule has 3 aliphatic heterocycles. The zero-order valence-electron chi connectivity index (χ0n) is 73.4. The minimum absolute atomic E-state index is 0.0837. The molecule has 1 aliphatic carbocycles. The number of allylic oxidation sites excluding steroid dienone is 2. The number of hydrogen-bond acceptors (Lipinski definition) is 4. The molecule has 0 fully saturated rings.